The Morgan fingerprint density at radius 1 is 1.38 bits per heavy atom. The number of alkyl halides is 3. The molecule has 0 aliphatic heterocycles. The molecule has 0 amide bonds. The lowest BCUT2D eigenvalue weighted by Crippen LogP contribution is -2.00. The zero-order valence-electron chi connectivity index (χ0n) is 3.50. The molecule has 47 valence electrons. The Bertz CT molecular complexity index is 102. The molecule has 0 unspecified atom stereocenters. The number of halogens is 4. The van der Waals surface area contributed by atoms with E-state index >= 15 is 0 Å². The van der Waals surface area contributed by atoms with Gasteiger partial charge >= 0.3 is 0 Å². The Balaban J connectivity index is 4.03. The monoisotopic (exact) mass is 193 g/mol. The molecule has 0 bridgehead atoms. The summed E-state index contributed by atoms with van der Waals surface area (Å²) in [5.74, 6) is 0. The van der Waals surface area contributed by atoms with Crippen LogP contribution in [-0.2, 0) is 5.11 Å². The predicted molar refractivity (Wildman–Crippen MR) is 34.9 cm³/mol. The minimum atomic E-state index is -1.76. The van der Waals surface area contributed by atoms with Gasteiger partial charge in [-0.1, -0.05) is 46.4 Å². The maximum Gasteiger partial charge on any atom is 0.229 e. The molecular weight excluding hydrogens is 194 g/mol. The number of hydrogen-bond donors (Lipinski definition) is 0. The van der Waals surface area contributed by atoms with E-state index in [2.05, 4.69) is 0 Å². The van der Waals surface area contributed by atoms with Crippen LogP contribution in [0, 0.1) is 0 Å². The zero-order valence-corrected chi connectivity index (χ0v) is 6.52. The molecule has 0 aliphatic carbocycles. The van der Waals surface area contributed by atoms with E-state index in [-0.39, 0.29) is 11.3 Å². The molecule has 0 N–H and O–H groups in total. The van der Waals surface area contributed by atoms with Crippen LogP contribution in [-0.4, -0.2) is 3.79 Å². The first-order chi connectivity index (χ1) is 3.48. The third-order valence-electron chi connectivity index (χ3n) is 0.374. The summed E-state index contributed by atoms with van der Waals surface area (Å²) < 4.78 is -1.76. The van der Waals surface area contributed by atoms with Crippen LogP contribution in [0.3, 0.4) is 0 Å². The van der Waals surface area contributed by atoms with Gasteiger partial charge in [0, 0.05) is 0 Å². The summed E-state index contributed by atoms with van der Waals surface area (Å²) in [5.41, 5.74) is 0. The first-order valence-corrected chi connectivity index (χ1v) is 3.04. The second-order valence-corrected chi connectivity index (χ2v) is 3.65. The number of allylic oxidation sites excluding steroid dienone is 1. The Morgan fingerprint density at radius 2 is 1.75 bits per heavy atom. The molecule has 0 saturated carbocycles. The maximum absolute atomic E-state index is 9.73. The maximum atomic E-state index is 9.73. The van der Waals surface area contributed by atoms with Crippen molar-refractivity contribution in [2.75, 3.05) is 0 Å². The lowest BCUT2D eigenvalue weighted by Gasteiger charge is -2.04. The molecule has 0 aliphatic rings. The van der Waals surface area contributed by atoms with Crippen LogP contribution in [0.1, 0.15) is 0 Å². The van der Waals surface area contributed by atoms with Gasteiger partial charge in [-0.2, -0.15) is 0 Å². The smallest absolute Gasteiger partial charge is 0.229 e. The fourth-order valence-electron chi connectivity index (χ4n) is 0.0668. The van der Waals surface area contributed by atoms with Gasteiger partial charge < -0.3 is 0 Å². The van der Waals surface area contributed by atoms with E-state index in [9.17, 15) is 5.11 Å². The van der Waals surface area contributed by atoms with Gasteiger partial charge in [-0.05, 0) is 0 Å². The number of rotatable bonds is 0. The second kappa shape index (κ2) is 3.02. The molecule has 0 atom stereocenters. The lowest BCUT2D eigenvalue weighted by molar-refractivity contribution is 0.349. The van der Waals surface area contributed by atoms with Gasteiger partial charge in [0.2, 0.25) is 3.79 Å². The van der Waals surface area contributed by atoms with E-state index in [0.29, 0.717) is 0 Å². The minimum absolute atomic E-state index is 0.286. The molecule has 8 heavy (non-hydrogen) atoms. The third kappa shape index (κ3) is 2.88. The van der Waals surface area contributed by atoms with Crippen molar-refractivity contribution in [1.82, 2.24) is 0 Å². The van der Waals surface area contributed by atoms with Crippen molar-refractivity contribution in [3.8, 4) is 0 Å². The van der Waals surface area contributed by atoms with Crippen LogP contribution in [0.2, 0.25) is 0 Å². The summed E-state index contributed by atoms with van der Waals surface area (Å²) in [6.45, 7) is 0. The topological polar surface area (TPSA) is 19.9 Å². The van der Waals surface area contributed by atoms with Crippen molar-refractivity contribution in [3.05, 3.63) is 11.3 Å². The average molecular weight is 195 g/mol. The van der Waals surface area contributed by atoms with Gasteiger partial charge in [-0.15, -0.1) is 0 Å². The fourth-order valence-corrected chi connectivity index (χ4v) is 0.200. The predicted octanol–water partition coefficient (Wildman–Crippen LogP) is 2.87. The molecule has 0 fully saturated rings. The summed E-state index contributed by atoms with van der Waals surface area (Å²) in [4.78, 5) is 0. The quantitative estimate of drug-likeness (QED) is 0.418. The van der Waals surface area contributed by atoms with Crippen LogP contribution in [0.25, 0.3) is 0 Å². The standard InChI is InChI=1S/C3HCl4O/c4-2(1-8)3(5,6)7/h1H/b2-1+. The van der Waals surface area contributed by atoms with E-state index in [4.69, 9.17) is 46.4 Å². The summed E-state index contributed by atoms with van der Waals surface area (Å²) >= 11 is 20.4. The highest BCUT2D eigenvalue weighted by Gasteiger charge is 2.24. The second-order valence-electron chi connectivity index (χ2n) is 0.964. The van der Waals surface area contributed by atoms with Crippen LogP contribution in [0.4, 0.5) is 0 Å². The summed E-state index contributed by atoms with van der Waals surface area (Å²) in [6.07, 6.45) is 0.286. The SMILES string of the molecule is [O]/C=C(/Cl)C(Cl)(Cl)Cl. The Morgan fingerprint density at radius 3 is 1.75 bits per heavy atom. The van der Waals surface area contributed by atoms with Gasteiger partial charge in [0.1, 0.15) is 5.03 Å². The van der Waals surface area contributed by atoms with Gasteiger partial charge in [-0.25, -0.2) is 0 Å². The van der Waals surface area contributed by atoms with Crippen molar-refractivity contribution in [3.63, 3.8) is 0 Å². The molecule has 0 aromatic heterocycles. The molecule has 1 radical (unpaired) electrons. The fraction of sp³-hybridized carbons (Fsp3) is 0.333. The molecule has 1 nitrogen and oxygen atoms in total. The molecule has 0 heterocycles. The molecular formula is C3HCl4O. The normalized spacial score (nSPS) is 14.2. The van der Waals surface area contributed by atoms with E-state index < -0.39 is 3.79 Å². The first kappa shape index (κ1) is 8.70. The van der Waals surface area contributed by atoms with E-state index in [1.54, 1.807) is 0 Å². The molecule has 0 rings (SSSR count). The zero-order chi connectivity index (χ0) is 6.78. The Kier molecular flexibility index (Phi) is 3.28. The molecule has 0 aromatic rings. The molecule has 0 spiro atoms. The van der Waals surface area contributed by atoms with Crippen molar-refractivity contribution < 1.29 is 5.11 Å². The van der Waals surface area contributed by atoms with Crippen LogP contribution < -0.4 is 0 Å². The summed E-state index contributed by atoms with van der Waals surface area (Å²) in [5, 5.41) is 9.40. The highest BCUT2D eigenvalue weighted by molar-refractivity contribution is 6.72. The van der Waals surface area contributed by atoms with Crippen LogP contribution in [0.5, 0.6) is 0 Å². The minimum Gasteiger partial charge on any atom is -0.297 e. The molecule has 0 aromatic carbocycles. The lowest BCUT2D eigenvalue weighted by atomic mass is 10.7. The van der Waals surface area contributed by atoms with Gasteiger partial charge in [0.05, 0.1) is 0 Å². The summed E-state index contributed by atoms with van der Waals surface area (Å²) in [6, 6.07) is 0. The number of hydrogen-bond acceptors (Lipinski definition) is 0. The average Bonchev–Trinajstić information content (AvgIpc) is 1.62. The van der Waals surface area contributed by atoms with E-state index in [1.807, 2.05) is 0 Å². The first-order valence-electron chi connectivity index (χ1n) is 1.53. The van der Waals surface area contributed by atoms with Crippen molar-refractivity contribution >= 4 is 46.4 Å². The third-order valence-corrected chi connectivity index (χ3v) is 1.65. The molecule has 5 heteroatoms. The highest BCUT2D eigenvalue weighted by atomic mass is 35.6. The Hall–Kier alpha value is 0.700. The molecule has 0 saturated heterocycles. The van der Waals surface area contributed by atoms with Crippen molar-refractivity contribution in [1.29, 1.82) is 0 Å². The van der Waals surface area contributed by atoms with Crippen molar-refractivity contribution in [2.24, 2.45) is 0 Å². The van der Waals surface area contributed by atoms with Crippen LogP contribution >= 0.6 is 46.4 Å². The van der Waals surface area contributed by atoms with Crippen molar-refractivity contribution in [2.45, 2.75) is 3.79 Å². The van der Waals surface area contributed by atoms with Gasteiger partial charge in [0.25, 0.3) is 0 Å². The Labute approximate surface area is 66.8 Å². The van der Waals surface area contributed by atoms with Crippen LogP contribution in [0.15, 0.2) is 11.3 Å². The van der Waals surface area contributed by atoms with E-state index in [0.717, 1.165) is 0 Å². The van der Waals surface area contributed by atoms with Gasteiger partial charge in [0.15, 0.2) is 6.26 Å². The van der Waals surface area contributed by atoms with E-state index in [1.165, 1.54) is 0 Å². The highest BCUT2D eigenvalue weighted by Crippen LogP contribution is 2.36. The largest absolute Gasteiger partial charge is 0.297 e. The van der Waals surface area contributed by atoms with Gasteiger partial charge in [-0.3, -0.25) is 5.11 Å². The summed E-state index contributed by atoms with van der Waals surface area (Å²) in [7, 11) is 0.